The van der Waals surface area contributed by atoms with E-state index in [1.165, 1.54) is 5.56 Å². The molecule has 0 saturated carbocycles. The van der Waals surface area contributed by atoms with Crippen LogP contribution in [0.15, 0.2) is 46.5 Å². The smallest absolute Gasteiger partial charge is 0.133 e. The highest BCUT2D eigenvalue weighted by Crippen LogP contribution is 2.37. The van der Waals surface area contributed by atoms with Gasteiger partial charge in [0.15, 0.2) is 0 Å². The zero-order chi connectivity index (χ0) is 18.9. The minimum atomic E-state index is 0.114. The first-order valence-corrected chi connectivity index (χ1v) is 10.2. The zero-order valence-electron chi connectivity index (χ0n) is 16.0. The number of rotatable bonds is 4. The predicted molar refractivity (Wildman–Crippen MR) is 113 cm³/mol. The molecule has 5 nitrogen and oxygen atoms in total. The van der Waals surface area contributed by atoms with Gasteiger partial charge >= 0.3 is 0 Å². The van der Waals surface area contributed by atoms with Gasteiger partial charge in [-0.25, -0.2) is 9.98 Å². The lowest BCUT2D eigenvalue weighted by atomic mass is 9.72. The fourth-order valence-electron chi connectivity index (χ4n) is 4.31. The van der Waals surface area contributed by atoms with E-state index in [0.29, 0.717) is 6.04 Å². The van der Waals surface area contributed by atoms with Gasteiger partial charge < -0.3 is 15.5 Å². The second-order valence-electron chi connectivity index (χ2n) is 8.06. The third-order valence-electron chi connectivity index (χ3n) is 5.98. The van der Waals surface area contributed by atoms with Crippen LogP contribution in [0.4, 0.5) is 0 Å². The number of halogens is 1. The number of benzene rings is 1. The van der Waals surface area contributed by atoms with E-state index in [2.05, 4.69) is 57.6 Å². The van der Waals surface area contributed by atoms with Crippen LogP contribution in [-0.2, 0) is 5.41 Å². The molecule has 2 atom stereocenters. The second-order valence-corrected chi connectivity index (χ2v) is 8.49. The van der Waals surface area contributed by atoms with Gasteiger partial charge in [-0.05, 0) is 36.7 Å². The predicted octanol–water partition coefficient (Wildman–Crippen LogP) is 3.17. The maximum absolute atomic E-state index is 6.14. The lowest BCUT2D eigenvalue weighted by molar-refractivity contribution is 0.209. The summed E-state index contributed by atoms with van der Waals surface area (Å²) in [5.41, 5.74) is 1.52. The van der Waals surface area contributed by atoms with Gasteiger partial charge in [0.2, 0.25) is 0 Å². The van der Waals surface area contributed by atoms with Crippen LogP contribution >= 0.6 is 11.6 Å². The minimum absolute atomic E-state index is 0.114. The summed E-state index contributed by atoms with van der Waals surface area (Å²) in [4.78, 5) is 11.5. The van der Waals surface area contributed by atoms with Crippen molar-refractivity contribution in [1.82, 2.24) is 15.5 Å². The van der Waals surface area contributed by atoms with Crippen molar-refractivity contribution in [3.05, 3.63) is 47.1 Å². The molecule has 27 heavy (non-hydrogen) atoms. The standard InChI is InChI=1S/C21H28ClN5/c1-15(2)24-13-21(16-3-5-17(22)6-4-16)8-11-27(12-9-21)20-18-7-10-23-19(18)25-14-26-20/h3-7,10,14-15,18-19,23-24H,8-9,11-13H2,1-2H3. The van der Waals surface area contributed by atoms with Crippen LogP contribution in [-0.4, -0.2) is 48.9 Å². The monoisotopic (exact) mass is 385 g/mol. The molecule has 144 valence electrons. The van der Waals surface area contributed by atoms with Crippen molar-refractivity contribution < 1.29 is 0 Å². The van der Waals surface area contributed by atoms with Gasteiger partial charge in [-0.1, -0.05) is 43.7 Å². The quantitative estimate of drug-likeness (QED) is 0.837. The molecular formula is C21H28ClN5. The second kappa shape index (κ2) is 7.64. The third-order valence-corrected chi connectivity index (χ3v) is 6.23. The van der Waals surface area contributed by atoms with Crippen molar-refractivity contribution in [2.24, 2.45) is 15.9 Å². The molecule has 3 aliphatic heterocycles. The Labute approximate surface area is 166 Å². The summed E-state index contributed by atoms with van der Waals surface area (Å²) in [6, 6.07) is 8.90. The SMILES string of the molecule is CC(C)NCC1(c2ccc(Cl)cc2)CCN(C2=NC=NC3NC=CC23)CC1. The lowest BCUT2D eigenvalue weighted by Crippen LogP contribution is -2.52. The highest BCUT2D eigenvalue weighted by atomic mass is 35.5. The Morgan fingerprint density at radius 2 is 2.00 bits per heavy atom. The summed E-state index contributed by atoms with van der Waals surface area (Å²) in [6.45, 7) is 7.42. The zero-order valence-corrected chi connectivity index (χ0v) is 16.8. The first-order valence-electron chi connectivity index (χ1n) is 9.84. The lowest BCUT2D eigenvalue weighted by Gasteiger charge is -2.45. The molecule has 0 radical (unpaired) electrons. The summed E-state index contributed by atoms with van der Waals surface area (Å²) in [5.74, 6) is 1.41. The summed E-state index contributed by atoms with van der Waals surface area (Å²) in [7, 11) is 0. The number of fused-ring (bicyclic) bond motifs is 1. The molecule has 2 unspecified atom stereocenters. The molecule has 0 aliphatic carbocycles. The van der Waals surface area contributed by atoms with E-state index in [0.717, 1.165) is 43.3 Å². The van der Waals surface area contributed by atoms with E-state index in [1.54, 1.807) is 6.34 Å². The summed E-state index contributed by atoms with van der Waals surface area (Å²) >= 11 is 6.14. The molecule has 0 bridgehead atoms. The van der Waals surface area contributed by atoms with Crippen LogP contribution in [0.3, 0.4) is 0 Å². The first kappa shape index (κ1) is 18.5. The summed E-state index contributed by atoms with van der Waals surface area (Å²) < 4.78 is 0. The van der Waals surface area contributed by atoms with E-state index in [9.17, 15) is 0 Å². The molecule has 0 spiro atoms. The summed E-state index contributed by atoms with van der Waals surface area (Å²) in [5, 5.41) is 7.77. The van der Waals surface area contributed by atoms with Crippen LogP contribution in [0, 0.1) is 5.92 Å². The molecule has 0 amide bonds. The number of aliphatic imine (C=N–C) groups is 2. The maximum Gasteiger partial charge on any atom is 0.133 e. The fourth-order valence-corrected chi connectivity index (χ4v) is 4.43. The first-order chi connectivity index (χ1) is 13.1. The average molecular weight is 386 g/mol. The molecule has 3 aliphatic rings. The highest BCUT2D eigenvalue weighted by molar-refractivity contribution is 6.30. The van der Waals surface area contributed by atoms with Crippen LogP contribution in [0.5, 0.6) is 0 Å². The van der Waals surface area contributed by atoms with E-state index >= 15 is 0 Å². The van der Waals surface area contributed by atoms with Gasteiger partial charge in [-0.2, -0.15) is 0 Å². The number of nitrogens with one attached hydrogen (secondary N) is 2. The molecular weight excluding hydrogens is 358 g/mol. The van der Waals surface area contributed by atoms with Gasteiger partial charge in [0.05, 0.1) is 5.92 Å². The van der Waals surface area contributed by atoms with Gasteiger partial charge in [0.1, 0.15) is 18.3 Å². The summed E-state index contributed by atoms with van der Waals surface area (Å²) in [6.07, 6.45) is 8.20. The van der Waals surface area contributed by atoms with E-state index in [4.69, 9.17) is 11.6 Å². The molecule has 2 N–H and O–H groups in total. The maximum atomic E-state index is 6.14. The normalized spacial score (nSPS) is 26.1. The number of nitrogens with zero attached hydrogens (tertiary/aromatic N) is 3. The highest BCUT2D eigenvalue weighted by Gasteiger charge is 2.39. The number of amidine groups is 1. The molecule has 1 saturated heterocycles. The van der Waals surface area contributed by atoms with Crippen LogP contribution in [0.25, 0.3) is 0 Å². The van der Waals surface area contributed by atoms with Gasteiger partial charge in [-0.15, -0.1) is 0 Å². The van der Waals surface area contributed by atoms with Crippen LogP contribution in [0.2, 0.25) is 5.02 Å². The molecule has 1 aromatic rings. The number of likely N-dealkylation sites (tertiary alicyclic amines) is 1. The number of piperidine rings is 1. The van der Waals surface area contributed by atoms with E-state index in [1.807, 2.05) is 18.3 Å². The molecule has 1 aromatic carbocycles. The van der Waals surface area contributed by atoms with Crippen molar-refractivity contribution in [2.45, 2.75) is 44.3 Å². The number of hydrogen-bond donors (Lipinski definition) is 2. The van der Waals surface area contributed by atoms with E-state index < -0.39 is 0 Å². The minimum Gasteiger partial charge on any atom is -0.369 e. The Morgan fingerprint density at radius 3 is 2.70 bits per heavy atom. The fraction of sp³-hybridized carbons (Fsp3) is 0.524. The Hall–Kier alpha value is -1.85. The van der Waals surface area contributed by atoms with Gasteiger partial charge in [-0.3, -0.25) is 0 Å². The van der Waals surface area contributed by atoms with Crippen LogP contribution < -0.4 is 10.6 Å². The Morgan fingerprint density at radius 1 is 1.26 bits per heavy atom. The van der Waals surface area contributed by atoms with Gasteiger partial charge in [0.25, 0.3) is 0 Å². The molecule has 1 fully saturated rings. The van der Waals surface area contributed by atoms with Crippen molar-refractivity contribution >= 4 is 23.8 Å². The van der Waals surface area contributed by atoms with Crippen molar-refractivity contribution in [3.8, 4) is 0 Å². The molecule has 4 rings (SSSR count). The Bertz CT molecular complexity index is 744. The third kappa shape index (κ3) is 3.76. The largest absolute Gasteiger partial charge is 0.369 e. The molecule has 0 aromatic heterocycles. The topological polar surface area (TPSA) is 52.0 Å². The van der Waals surface area contributed by atoms with Crippen LogP contribution in [0.1, 0.15) is 32.3 Å². The Balaban J connectivity index is 1.52. The van der Waals surface area contributed by atoms with E-state index in [-0.39, 0.29) is 17.5 Å². The average Bonchev–Trinajstić information content (AvgIpc) is 3.16. The molecule has 3 heterocycles. The Kier molecular flexibility index (Phi) is 5.24. The van der Waals surface area contributed by atoms with Crippen molar-refractivity contribution in [3.63, 3.8) is 0 Å². The number of hydrogen-bond acceptors (Lipinski definition) is 5. The van der Waals surface area contributed by atoms with Crippen molar-refractivity contribution in [1.29, 1.82) is 0 Å². The molecule has 6 heteroatoms. The van der Waals surface area contributed by atoms with Gasteiger partial charge in [0, 0.05) is 36.1 Å². The van der Waals surface area contributed by atoms with Crippen molar-refractivity contribution in [2.75, 3.05) is 19.6 Å².